The Bertz CT molecular complexity index is 324. The molecule has 0 unspecified atom stereocenters. The SMILES string of the molecule is Cl.ON=Cc1ccc[n+](C(Cl)(Cl)Cl)c1. The van der Waals surface area contributed by atoms with Crippen molar-refractivity contribution in [2.24, 2.45) is 5.16 Å². The second-order valence-electron chi connectivity index (χ2n) is 2.26. The van der Waals surface area contributed by atoms with Gasteiger partial charge in [0.25, 0.3) is 0 Å². The zero-order valence-electron chi connectivity index (χ0n) is 6.77. The van der Waals surface area contributed by atoms with Crippen LogP contribution in [-0.2, 0) is 3.92 Å². The summed E-state index contributed by atoms with van der Waals surface area (Å²) >= 11 is 16.9. The summed E-state index contributed by atoms with van der Waals surface area (Å²) in [6.45, 7) is 0. The van der Waals surface area contributed by atoms with E-state index >= 15 is 0 Å². The molecule has 78 valence electrons. The van der Waals surface area contributed by atoms with Crippen molar-refractivity contribution in [3.8, 4) is 0 Å². The summed E-state index contributed by atoms with van der Waals surface area (Å²) in [4.78, 5) is 0. The van der Waals surface area contributed by atoms with E-state index in [1.807, 2.05) is 0 Å². The second kappa shape index (κ2) is 5.61. The van der Waals surface area contributed by atoms with Crippen molar-refractivity contribution < 1.29 is 9.77 Å². The van der Waals surface area contributed by atoms with Gasteiger partial charge in [0.2, 0.25) is 0 Å². The van der Waals surface area contributed by atoms with E-state index in [4.69, 9.17) is 40.0 Å². The maximum absolute atomic E-state index is 8.27. The van der Waals surface area contributed by atoms with Gasteiger partial charge in [-0.1, -0.05) is 5.16 Å². The zero-order valence-corrected chi connectivity index (χ0v) is 9.85. The van der Waals surface area contributed by atoms with E-state index in [0.29, 0.717) is 5.56 Å². The molecule has 0 saturated carbocycles. The maximum Gasteiger partial charge on any atom is 0.399 e. The van der Waals surface area contributed by atoms with Crippen LogP contribution in [0.3, 0.4) is 0 Å². The summed E-state index contributed by atoms with van der Waals surface area (Å²) in [5, 5.41) is 11.1. The van der Waals surface area contributed by atoms with Crippen LogP contribution in [0.15, 0.2) is 29.7 Å². The summed E-state index contributed by atoms with van der Waals surface area (Å²) in [7, 11) is 0. The number of nitrogens with zero attached hydrogens (tertiary/aromatic N) is 2. The van der Waals surface area contributed by atoms with Gasteiger partial charge in [0.1, 0.15) is 0 Å². The molecule has 1 heterocycles. The lowest BCUT2D eigenvalue weighted by molar-refractivity contribution is -0.699. The summed E-state index contributed by atoms with van der Waals surface area (Å²) in [6, 6.07) is 3.39. The molecule has 0 aromatic carbocycles. The maximum atomic E-state index is 8.27. The molecule has 0 radical (unpaired) electrons. The Morgan fingerprint density at radius 1 is 1.43 bits per heavy atom. The molecule has 0 bridgehead atoms. The highest BCUT2D eigenvalue weighted by atomic mass is 35.6. The van der Waals surface area contributed by atoms with Gasteiger partial charge in [-0.05, 0) is 40.9 Å². The van der Waals surface area contributed by atoms with Crippen molar-refractivity contribution in [2.75, 3.05) is 0 Å². The van der Waals surface area contributed by atoms with Crippen LogP contribution in [0.2, 0.25) is 0 Å². The summed E-state index contributed by atoms with van der Waals surface area (Å²) < 4.78 is -0.159. The van der Waals surface area contributed by atoms with Crippen molar-refractivity contribution in [1.82, 2.24) is 0 Å². The first-order valence-electron chi connectivity index (χ1n) is 3.30. The highest BCUT2D eigenvalue weighted by Gasteiger charge is 2.31. The average molecular weight is 277 g/mol. The van der Waals surface area contributed by atoms with Crippen LogP contribution in [0, 0.1) is 0 Å². The molecule has 1 rings (SSSR count). The van der Waals surface area contributed by atoms with E-state index in [9.17, 15) is 0 Å². The standard InChI is InChI=1S/C7H5Cl3N2O.ClH/c8-7(9,10)12-3-1-2-6(5-12)4-11-13;/h1-5H;1H/p+1. The number of hydrogen-bond acceptors (Lipinski definition) is 2. The van der Waals surface area contributed by atoms with E-state index in [-0.39, 0.29) is 12.4 Å². The lowest BCUT2D eigenvalue weighted by Crippen LogP contribution is -2.44. The number of alkyl halides is 3. The van der Waals surface area contributed by atoms with Gasteiger partial charge >= 0.3 is 3.92 Å². The number of oxime groups is 1. The third kappa shape index (κ3) is 3.88. The Balaban J connectivity index is 0.00000169. The van der Waals surface area contributed by atoms with E-state index < -0.39 is 3.92 Å². The molecule has 1 N–H and O–H groups in total. The minimum Gasteiger partial charge on any atom is -0.411 e. The molecule has 0 saturated heterocycles. The van der Waals surface area contributed by atoms with Crippen LogP contribution in [0.25, 0.3) is 0 Å². The average Bonchev–Trinajstić information content (AvgIpc) is 2.04. The summed E-state index contributed by atoms with van der Waals surface area (Å²) in [5.41, 5.74) is 0.635. The van der Waals surface area contributed by atoms with Gasteiger partial charge in [-0.3, -0.25) is 0 Å². The van der Waals surface area contributed by atoms with Gasteiger partial charge in [-0.2, -0.15) is 4.57 Å². The molecule has 7 heteroatoms. The van der Waals surface area contributed by atoms with Crippen LogP contribution >= 0.6 is 47.2 Å². The lowest BCUT2D eigenvalue weighted by Gasteiger charge is -2.04. The molecule has 14 heavy (non-hydrogen) atoms. The molecule has 0 fully saturated rings. The van der Waals surface area contributed by atoms with Gasteiger partial charge in [-0.15, -0.1) is 12.4 Å². The van der Waals surface area contributed by atoms with Gasteiger partial charge < -0.3 is 5.21 Å². The Kier molecular flexibility index (Phi) is 5.52. The number of rotatable bonds is 1. The first kappa shape index (κ1) is 13.8. The molecule has 1 aromatic rings. The fourth-order valence-corrected chi connectivity index (χ4v) is 1.11. The predicted molar refractivity (Wildman–Crippen MR) is 58.8 cm³/mol. The third-order valence-electron chi connectivity index (χ3n) is 1.32. The van der Waals surface area contributed by atoms with Crippen molar-refractivity contribution in [3.05, 3.63) is 30.1 Å². The predicted octanol–water partition coefficient (Wildman–Crippen LogP) is 2.49. The molecule has 0 atom stereocenters. The van der Waals surface area contributed by atoms with Gasteiger partial charge in [0, 0.05) is 6.07 Å². The van der Waals surface area contributed by atoms with E-state index in [2.05, 4.69) is 5.16 Å². The fraction of sp³-hybridized carbons (Fsp3) is 0.143. The normalized spacial score (nSPS) is 11.4. The molecule has 0 aliphatic heterocycles. The van der Waals surface area contributed by atoms with Crippen molar-refractivity contribution in [2.45, 2.75) is 3.92 Å². The Morgan fingerprint density at radius 2 is 2.07 bits per heavy atom. The highest BCUT2D eigenvalue weighted by molar-refractivity contribution is 6.63. The lowest BCUT2D eigenvalue weighted by atomic mass is 10.3. The third-order valence-corrected chi connectivity index (χ3v) is 1.91. The fourth-order valence-electron chi connectivity index (χ4n) is 0.794. The molecular formula is C7H7Cl4N2O+. The number of hydrogen-bond donors (Lipinski definition) is 1. The number of pyridine rings is 1. The summed E-state index contributed by atoms with van der Waals surface area (Å²) in [5.74, 6) is 0. The van der Waals surface area contributed by atoms with Crippen molar-refractivity contribution in [1.29, 1.82) is 0 Å². The molecule has 0 amide bonds. The monoisotopic (exact) mass is 275 g/mol. The minimum atomic E-state index is -1.53. The van der Waals surface area contributed by atoms with Gasteiger partial charge in [0.15, 0.2) is 12.4 Å². The van der Waals surface area contributed by atoms with E-state index in [1.54, 1.807) is 24.5 Å². The Hall–Kier alpha value is -0.220. The highest BCUT2D eigenvalue weighted by Crippen LogP contribution is 2.24. The summed E-state index contributed by atoms with van der Waals surface area (Å²) in [6.07, 6.45) is 4.39. The van der Waals surface area contributed by atoms with Gasteiger partial charge in [-0.25, -0.2) is 0 Å². The topological polar surface area (TPSA) is 36.5 Å². The second-order valence-corrected chi connectivity index (χ2v) is 4.48. The van der Waals surface area contributed by atoms with Crippen molar-refractivity contribution in [3.63, 3.8) is 0 Å². The van der Waals surface area contributed by atoms with E-state index in [0.717, 1.165) is 0 Å². The van der Waals surface area contributed by atoms with Crippen LogP contribution in [0.4, 0.5) is 0 Å². The first-order valence-corrected chi connectivity index (χ1v) is 4.43. The molecule has 1 aromatic heterocycles. The van der Waals surface area contributed by atoms with Crippen LogP contribution in [-0.4, -0.2) is 11.4 Å². The Morgan fingerprint density at radius 3 is 2.57 bits per heavy atom. The van der Waals surface area contributed by atoms with Crippen molar-refractivity contribution >= 4 is 53.4 Å². The Labute approximate surface area is 102 Å². The minimum absolute atomic E-state index is 0. The van der Waals surface area contributed by atoms with Crippen LogP contribution in [0.5, 0.6) is 0 Å². The zero-order chi connectivity index (χ0) is 9.90. The van der Waals surface area contributed by atoms with E-state index in [1.165, 1.54) is 10.8 Å². The smallest absolute Gasteiger partial charge is 0.399 e. The molecular weight excluding hydrogens is 270 g/mol. The first-order chi connectivity index (χ1) is 6.04. The molecule has 0 aliphatic rings. The van der Waals surface area contributed by atoms with Gasteiger partial charge in [0.05, 0.1) is 11.8 Å². The molecule has 0 spiro atoms. The van der Waals surface area contributed by atoms with Crippen LogP contribution in [0.1, 0.15) is 5.56 Å². The molecule has 3 nitrogen and oxygen atoms in total. The molecule has 0 aliphatic carbocycles. The largest absolute Gasteiger partial charge is 0.411 e. The quantitative estimate of drug-likeness (QED) is 0.276. The number of halogens is 4. The number of aromatic nitrogens is 1. The van der Waals surface area contributed by atoms with Crippen LogP contribution < -0.4 is 4.57 Å².